The molecule has 0 spiro atoms. The van der Waals surface area contributed by atoms with Gasteiger partial charge in [-0.2, -0.15) is 0 Å². The molecule has 2 heteroatoms. The van der Waals surface area contributed by atoms with Gasteiger partial charge in [-0.25, -0.2) is 0 Å². The lowest BCUT2D eigenvalue weighted by Gasteiger charge is -2.59. The Balaban J connectivity index is 1.53. The zero-order valence-electron chi connectivity index (χ0n) is 16.5. The number of phenolic OH excluding ortho intramolecular Hbond substituents is 1. The van der Waals surface area contributed by atoms with Crippen LogP contribution in [-0.4, -0.2) is 10.9 Å². The number of ketones is 1. The SMILES string of the molecule is Cc1cc(O)c2c(c1)C[C@H]1[C@H]3CC[C@H]4CC(=O)CC[C@]4(C)[C@@H]3CC[C@]21C. The van der Waals surface area contributed by atoms with Gasteiger partial charge in [-0.05, 0) is 97.1 Å². The first-order chi connectivity index (χ1) is 12.3. The number of fused-ring (bicyclic) bond motifs is 7. The molecule has 0 bridgehead atoms. The fourth-order valence-corrected chi connectivity index (χ4v) is 7.95. The number of aromatic hydroxyl groups is 1. The van der Waals surface area contributed by atoms with Gasteiger partial charge in [0.2, 0.25) is 0 Å². The van der Waals surface area contributed by atoms with Gasteiger partial charge in [-0.1, -0.05) is 19.9 Å². The van der Waals surface area contributed by atoms with E-state index >= 15 is 0 Å². The second-order valence-electron chi connectivity index (χ2n) is 10.4. The molecule has 5 rings (SSSR count). The smallest absolute Gasteiger partial charge is 0.133 e. The highest BCUT2D eigenvalue weighted by Crippen LogP contribution is 2.66. The van der Waals surface area contributed by atoms with Gasteiger partial charge in [0, 0.05) is 18.4 Å². The van der Waals surface area contributed by atoms with E-state index in [1.54, 1.807) is 0 Å². The first-order valence-corrected chi connectivity index (χ1v) is 10.7. The van der Waals surface area contributed by atoms with Gasteiger partial charge in [0.25, 0.3) is 0 Å². The average Bonchev–Trinajstić information content (AvgIpc) is 2.88. The van der Waals surface area contributed by atoms with Gasteiger partial charge in [-0.3, -0.25) is 4.79 Å². The molecule has 26 heavy (non-hydrogen) atoms. The molecular formula is C24H32O2. The van der Waals surface area contributed by atoms with Crippen LogP contribution in [0.5, 0.6) is 5.75 Å². The van der Waals surface area contributed by atoms with Crippen molar-refractivity contribution in [2.24, 2.45) is 29.1 Å². The van der Waals surface area contributed by atoms with Crippen molar-refractivity contribution < 1.29 is 9.90 Å². The molecule has 6 atom stereocenters. The van der Waals surface area contributed by atoms with Crippen LogP contribution in [0.4, 0.5) is 0 Å². The molecule has 0 saturated heterocycles. The summed E-state index contributed by atoms with van der Waals surface area (Å²) in [6.07, 6.45) is 8.87. The number of rotatable bonds is 0. The van der Waals surface area contributed by atoms with Crippen LogP contribution < -0.4 is 0 Å². The van der Waals surface area contributed by atoms with Crippen LogP contribution in [0, 0.1) is 36.0 Å². The van der Waals surface area contributed by atoms with Crippen molar-refractivity contribution in [3.05, 3.63) is 28.8 Å². The Bertz CT molecular complexity index is 781. The quantitative estimate of drug-likeness (QED) is 0.685. The summed E-state index contributed by atoms with van der Waals surface area (Å²) in [6, 6.07) is 4.28. The van der Waals surface area contributed by atoms with Crippen LogP contribution in [0.15, 0.2) is 12.1 Å². The van der Waals surface area contributed by atoms with Crippen LogP contribution >= 0.6 is 0 Å². The molecule has 3 saturated carbocycles. The van der Waals surface area contributed by atoms with Crippen LogP contribution in [0.3, 0.4) is 0 Å². The fourth-order valence-electron chi connectivity index (χ4n) is 7.95. The number of hydrogen-bond donors (Lipinski definition) is 1. The minimum absolute atomic E-state index is 0.141. The molecule has 0 aromatic heterocycles. The van der Waals surface area contributed by atoms with Crippen LogP contribution in [0.25, 0.3) is 0 Å². The molecule has 1 aromatic carbocycles. The molecule has 140 valence electrons. The molecule has 0 unspecified atom stereocenters. The summed E-state index contributed by atoms with van der Waals surface area (Å²) in [5.41, 5.74) is 4.35. The highest BCUT2D eigenvalue weighted by molar-refractivity contribution is 5.79. The zero-order chi connectivity index (χ0) is 18.3. The largest absolute Gasteiger partial charge is 0.508 e. The maximum absolute atomic E-state index is 12.0. The molecule has 3 fully saturated rings. The summed E-state index contributed by atoms with van der Waals surface area (Å²) < 4.78 is 0. The van der Waals surface area contributed by atoms with E-state index in [1.807, 2.05) is 6.07 Å². The fraction of sp³-hybridized carbons (Fsp3) is 0.708. The Kier molecular flexibility index (Phi) is 3.47. The first kappa shape index (κ1) is 16.8. The summed E-state index contributed by atoms with van der Waals surface area (Å²) in [4.78, 5) is 12.0. The maximum atomic E-state index is 12.0. The van der Waals surface area contributed by atoms with E-state index in [-0.39, 0.29) is 5.41 Å². The number of hydrogen-bond acceptors (Lipinski definition) is 2. The lowest BCUT2D eigenvalue weighted by Crippen LogP contribution is -2.54. The second-order valence-corrected chi connectivity index (χ2v) is 10.4. The molecule has 2 nitrogen and oxygen atoms in total. The molecule has 0 heterocycles. The Labute approximate surface area is 157 Å². The summed E-state index contributed by atoms with van der Waals surface area (Å²) in [5.74, 6) is 3.85. The third-order valence-electron chi connectivity index (χ3n) is 9.23. The lowest BCUT2D eigenvalue weighted by molar-refractivity contribution is -0.135. The minimum Gasteiger partial charge on any atom is -0.508 e. The van der Waals surface area contributed by atoms with E-state index in [1.165, 1.54) is 42.4 Å². The molecular weight excluding hydrogens is 320 g/mol. The van der Waals surface area contributed by atoms with Crippen LogP contribution in [-0.2, 0) is 16.6 Å². The molecule has 1 aromatic rings. The summed E-state index contributed by atoms with van der Waals surface area (Å²) in [6.45, 7) is 7.03. The van der Waals surface area contributed by atoms with Gasteiger partial charge in [-0.15, -0.1) is 0 Å². The Hall–Kier alpha value is -1.31. The molecule has 0 radical (unpaired) electrons. The predicted octanol–water partition coefficient (Wildman–Crippen LogP) is 5.33. The Morgan fingerprint density at radius 1 is 1.04 bits per heavy atom. The van der Waals surface area contributed by atoms with Crippen molar-refractivity contribution in [2.75, 3.05) is 0 Å². The van der Waals surface area contributed by atoms with Gasteiger partial charge in [0.1, 0.15) is 11.5 Å². The van der Waals surface area contributed by atoms with Crippen molar-refractivity contribution in [1.29, 1.82) is 0 Å². The number of Topliss-reactive ketones (excluding diaryl/α,β-unsaturated/α-hetero) is 1. The normalized spacial score (nSPS) is 44.0. The lowest BCUT2D eigenvalue weighted by atomic mass is 9.45. The zero-order valence-corrected chi connectivity index (χ0v) is 16.5. The highest BCUT2D eigenvalue weighted by atomic mass is 16.3. The standard InChI is InChI=1S/C24H32O2/c1-14-10-15-12-20-18-5-4-16-13-17(25)6-8-23(16,2)19(18)7-9-24(20,3)22(15)21(26)11-14/h10-11,16,18-20,26H,4-9,12-13H2,1-3H3/t16-,18-,19+,20-,23-,24-/m0/s1. The molecule has 1 N–H and O–H groups in total. The van der Waals surface area contributed by atoms with Gasteiger partial charge in [0.15, 0.2) is 0 Å². The first-order valence-electron chi connectivity index (χ1n) is 10.7. The third-order valence-corrected chi connectivity index (χ3v) is 9.23. The van der Waals surface area contributed by atoms with E-state index in [0.29, 0.717) is 28.8 Å². The van der Waals surface area contributed by atoms with Crippen LogP contribution in [0.1, 0.15) is 75.5 Å². The molecule has 4 aliphatic rings. The van der Waals surface area contributed by atoms with Crippen molar-refractivity contribution in [3.8, 4) is 5.75 Å². The number of phenols is 1. The van der Waals surface area contributed by atoms with Gasteiger partial charge < -0.3 is 5.11 Å². The number of aryl methyl sites for hydroxylation is 1. The number of carbonyl (C=O) groups excluding carboxylic acids is 1. The monoisotopic (exact) mass is 352 g/mol. The Morgan fingerprint density at radius 2 is 1.85 bits per heavy atom. The van der Waals surface area contributed by atoms with E-state index in [2.05, 4.69) is 26.8 Å². The summed E-state index contributed by atoms with van der Waals surface area (Å²) in [5, 5.41) is 10.7. The Morgan fingerprint density at radius 3 is 2.65 bits per heavy atom. The summed E-state index contributed by atoms with van der Waals surface area (Å²) in [7, 11) is 0. The number of carbonyl (C=O) groups is 1. The van der Waals surface area contributed by atoms with E-state index < -0.39 is 0 Å². The van der Waals surface area contributed by atoms with Crippen molar-refractivity contribution in [3.63, 3.8) is 0 Å². The minimum atomic E-state index is 0.141. The van der Waals surface area contributed by atoms with Crippen molar-refractivity contribution >= 4 is 5.78 Å². The van der Waals surface area contributed by atoms with Crippen LogP contribution in [0.2, 0.25) is 0 Å². The molecule has 0 aliphatic heterocycles. The van der Waals surface area contributed by atoms with E-state index in [0.717, 1.165) is 37.5 Å². The maximum Gasteiger partial charge on any atom is 0.133 e. The molecule has 4 aliphatic carbocycles. The highest BCUT2D eigenvalue weighted by Gasteiger charge is 2.59. The second kappa shape index (κ2) is 5.36. The summed E-state index contributed by atoms with van der Waals surface area (Å²) >= 11 is 0. The molecule has 0 amide bonds. The van der Waals surface area contributed by atoms with E-state index in [9.17, 15) is 9.90 Å². The topological polar surface area (TPSA) is 37.3 Å². The van der Waals surface area contributed by atoms with E-state index in [4.69, 9.17) is 0 Å². The predicted molar refractivity (Wildman–Crippen MR) is 103 cm³/mol. The van der Waals surface area contributed by atoms with Gasteiger partial charge in [0.05, 0.1) is 0 Å². The average molecular weight is 353 g/mol. The number of benzene rings is 1. The van der Waals surface area contributed by atoms with Crippen molar-refractivity contribution in [2.45, 2.75) is 77.6 Å². The van der Waals surface area contributed by atoms with Gasteiger partial charge >= 0.3 is 0 Å². The third kappa shape index (κ3) is 2.08. The van der Waals surface area contributed by atoms with Crippen molar-refractivity contribution in [1.82, 2.24) is 0 Å².